The zero-order valence-corrected chi connectivity index (χ0v) is 13.2. The van der Waals surface area contributed by atoms with Crippen molar-refractivity contribution >= 4 is 11.8 Å². The van der Waals surface area contributed by atoms with E-state index < -0.39 is 0 Å². The molecule has 2 heterocycles. The number of thioether (sulfide) groups is 1. The molecule has 2 rings (SSSR count). The third-order valence-corrected chi connectivity index (χ3v) is 5.00. The lowest BCUT2D eigenvalue weighted by atomic mass is 9.95. The lowest BCUT2D eigenvalue weighted by molar-refractivity contribution is 0.375. The molecule has 0 amide bonds. The average molecular weight is 281 g/mol. The molecule has 0 bridgehead atoms. The van der Waals surface area contributed by atoms with E-state index in [1.807, 2.05) is 0 Å². The fraction of sp³-hybridized carbons (Fsp3) is 0.800. The number of aromatic nitrogens is 2. The van der Waals surface area contributed by atoms with Gasteiger partial charge < -0.3 is 5.32 Å². The number of nitrogens with zero attached hydrogens (tertiary/aromatic N) is 2. The maximum absolute atomic E-state index is 4.70. The van der Waals surface area contributed by atoms with Crippen molar-refractivity contribution in [1.82, 2.24) is 15.1 Å². The fourth-order valence-electron chi connectivity index (χ4n) is 2.60. The van der Waals surface area contributed by atoms with E-state index in [0.29, 0.717) is 12.1 Å². The van der Waals surface area contributed by atoms with Crippen LogP contribution in [0.2, 0.25) is 0 Å². The zero-order chi connectivity index (χ0) is 13.7. The summed E-state index contributed by atoms with van der Waals surface area (Å²) in [6.07, 6.45) is 5.75. The number of nitrogens with one attached hydrogen (secondary N) is 1. The van der Waals surface area contributed by atoms with E-state index in [-0.39, 0.29) is 0 Å². The number of hydrogen-bond donors (Lipinski definition) is 1. The third kappa shape index (κ3) is 4.25. The molecule has 0 radical (unpaired) electrons. The van der Waals surface area contributed by atoms with Crippen LogP contribution in [0.4, 0.5) is 0 Å². The first-order valence-corrected chi connectivity index (χ1v) is 8.71. The first-order valence-electron chi connectivity index (χ1n) is 7.56. The van der Waals surface area contributed by atoms with Gasteiger partial charge in [-0.15, -0.1) is 0 Å². The van der Waals surface area contributed by atoms with Crippen LogP contribution in [0.5, 0.6) is 0 Å². The first-order chi connectivity index (χ1) is 9.20. The van der Waals surface area contributed by atoms with Gasteiger partial charge in [-0.05, 0) is 56.7 Å². The Morgan fingerprint density at radius 3 is 2.95 bits per heavy atom. The molecule has 1 saturated heterocycles. The van der Waals surface area contributed by atoms with E-state index in [1.165, 1.54) is 30.0 Å². The predicted octanol–water partition coefficient (Wildman–Crippen LogP) is 3.13. The van der Waals surface area contributed by atoms with Gasteiger partial charge in [-0.1, -0.05) is 6.92 Å². The molecule has 3 nitrogen and oxygen atoms in total. The molecule has 0 aromatic carbocycles. The van der Waals surface area contributed by atoms with Crippen molar-refractivity contribution in [3.63, 3.8) is 0 Å². The van der Waals surface area contributed by atoms with Gasteiger partial charge in [0, 0.05) is 24.7 Å². The largest absolute Gasteiger partial charge is 0.313 e. The minimum atomic E-state index is 0.456. The molecule has 1 aromatic rings. The average Bonchev–Trinajstić information content (AvgIpc) is 3.05. The van der Waals surface area contributed by atoms with E-state index in [0.717, 1.165) is 18.9 Å². The minimum Gasteiger partial charge on any atom is -0.313 e. The molecule has 0 saturated carbocycles. The molecule has 1 N–H and O–H groups in total. The Bertz CT molecular complexity index is 369. The van der Waals surface area contributed by atoms with Crippen LogP contribution < -0.4 is 5.32 Å². The van der Waals surface area contributed by atoms with E-state index in [4.69, 9.17) is 5.10 Å². The molecule has 0 aliphatic carbocycles. The predicted molar refractivity (Wildman–Crippen MR) is 83.8 cm³/mol. The Hall–Kier alpha value is -0.480. The molecular weight excluding hydrogens is 254 g/mol. The summed E-state index contributed by atoms with van der Waals surface area (Å²) < 4.78 is 2.07. The van der Waals surface area contributed by atoms with Crippen molar-refractivity contribution in [1.29, 1.82) is 0 Å². The van der Waals surface area contributed by atoms with Crippen LogP contribution in [0.3, 0.4) is 0 Å². The Kier molecular flexibility index (Phi) is 5.76. The molecule has 19 heavy (non-hydrogen) atoms. The summed E-state index contributed by atoms with van der Waals surface area (Å²) in [4.78, 5) is 0. The van der Waals surface area contributed by atoms with E-state index in [9.17, 15) is 0 Å². The second-order valence-electron chi connectivity index (χ2n) is 5.77. The van der Waals surface area contributed by atoms with Crippen LogP contribution in [0.1, 0.15) is 45.3 Å². The topological polar surface area (TPSA) is 29.9 Å². The highest BCUT2D eigenvalue weighted by Gasteiger charge is 2.25. The van der Waals surface area contributed by atoms with Crippen molar-refractivity contribution in [2.24, 2.45) is 5.92 Å². The molecule has 1 aliphatic heterocycles. The molecule has 4 heteroatoms. The molecule has 1 aliphatic rings. The van der Waals surface area contributed by atoms with Crippen molar-refractivity contribution in [3.05, 3.63) is 18.0 Å². The van der Waals surface area contributed by atoms with Gasteiger partial charge >= 0.3 is 0 Å². The normalized spacial score (nSPS) is 21.2. The second kappa shape index (κ2) is 7.34. The summed E-state index contributed by atoms with van der Waals surface area (Å²) in [5, 5.41) is 8.43. The van der Waals surface area contributed by atoms with Crippen LogP contribution in [-0.2, 0) is 6.42 Å². The zero-order valence-electron chi connectivity index (χ0n) is 12.4. The summed E-state index contributed by atoms with van der Waals surface area (Å²) in [5.74, 6) is 3.46. The SMILES string of the molecule is CCCNC(Cc1ccn(C(C)C)n1)C1CCSC1. The monoisotopic (exact) mass is 281 g/mol. The van der Waals surface area contributed by atoms with Gasteiger partial charge in [0.25, 0.3) is 0 Å². The van der Waals surface area contributed by atoms with Crippen molar-refractivity contribution in [2.45, 2.75) is 52.1 Å². The Balaban J connectivity index is 1.97. The van der Waals surface area contributed by atoms with Crippen LogP contribution in [0, 0.1) is 5.92 Å². The summed E-state index contributed by atoms with van der Waals surface area (Å²) in [7, 11) is 0. The quantitative estimate of drug-likeness (QED) is 0.833. The van der Waals surface area contributed by atoms with Crippen LogP contribution in [0.25, 0.3) is 0 Å². The van der Waals surface area contributed by atoms with Gasteiger partial charge in [0.05, 0.1) is 5.69 Å². The molecule has 1 fully saturated rings. The maximum atomic E-state index is 4.70. The second-order valence-corrected chi connectivity index (χ2v) is 6.92. The van der Waals surface area contributed by atoms with Gasteiger partial charge in [0.1, 0.15) is 0 Å². The van der Waals surface area contributed by atoms with Gasteiger partial charge in [-0.3, -0.25) is 4.68 Å². The lowest BCUT2D eigenvalue weighted by Gasteiger charge is -2.23. The number of rotatable bonds is 7. The molecule has 2 atom stereocenters. The van der Waals surface area contributed by atoms with Gasteiger partial charge in [-0.25, -0.2) is 0 Å². The summed E-state index contributed by atoms with van der Waals surface area (Å²) in [6, 6.07) is 3.24. The minimum absolute atomic E-state index is 0.456. The molecule has 0 spiro atoms. The molecular formula is C15H27N3S. The first kappa shape index (κ1) is 14.9. The smallest absolute Gasteiger partial charge is 0.0640 e. The highest BCUT2D eigenvalue weighted by Crippen LogP contribution is 2.27. The van der Waals surface area contributed by atoms with Gasteiger partial charge in [0.2, 0.25) is 0 Å². The Labute approximate surface area is 121 Å². The molecule has 108 valence electrons. The molecule has 1 aromatic heterocycles. The Morgan fingerprint density at radius 2 is 2.37 bits per heavy atom. The van der Waals surface area contributed by atoms with E-state index in [2.05, 4.69) is 54.8 Å². The maximum Gasteiger partial charge on any atom is 0.0640 e. The molecule has 2 unspecified atom stereocenters. The van der Waals surface area contributed by atoms with Crippen molar-refractivity contribution in [3.8, 4) is 0 Å². The van der Waals surface area contributed by atoms with Crippen LogP contribution in [-0.4, -0.2) is 33.9 Å². The highest BCUT2D eigenvalue weighted by atomic mass is 32.2. The standard InChI is InChI=1S/C15H27N3S/c1-4-7-16-15(13-6-9-19-11-13)10-14-5-8-18(17-14)12(2)3/h5,8,12-13,15-16H,4,6-7,9-11H2,1-3H3. The van der Waals surface area contributed by atoms with E-state index >= 15 is 0 Å². The van der Waals surface area contributed by atoms with Gasteiger partial charge in [-0.2, -0.15) is 16.9 Å². The Morgan fingerprint density at radius 1 is 1.53 bits per heavy atom. The van der Waals surface area contributed by atoms with Gasteiger partial charge in [0.15, 0.2) is 0 Å². The summed E-state index contributed by atoms with van der Waals surface area (Å²) in [6.45, 7) is 7.71. The summed E-state index contributed by atoms with van der Waals surface area (Å²) >= 11 is 2.10. The number of hydrogen-bond acceptors (Lipinski definition) is 3. The third-order valence-electron chi connectivity index (χ3n) is 3.81. The highest BCUT2D eigenvalue weighted by molar-refractivity contribution is 7.99. The lowest BCUT2D eigenvalue weighted by Crippen LogP contribution is -2.38. The van der Waals surface area contributed by atoms with Crippen molar-refractivity contribution in [2.75, 3.05) is 18.1 Å². The van der Waals surface area contributed by atoms with E-state index in [1.54, 1.807) is 0 Å². The fourth-order valence-corrected chi connectivity index (χ4v) is 3.94. The van der Waals surface area contributed by atoms with Crippen LogP contribution in [0.15, 0.2) is 12.3 Å². The van der Waals surface area contributed by atoms with Crippen molar-refractivity contribution < 1.29 is 0 Å². The van der Waals surface area contributed by atoms with Crippen LogP contribution >= 0.6 is 11.8 Å². The summed E-state index contributed by atoms with van der Waals surface area (Å²) in [5.41, 5.74) is 1.24.